The van der Waals surface area contributed by atoms with Crippen LogP contribution in [0.4, 0.5) is 11.4 Å². The standard InChI is InChI=1S/C14H16N2O6S2/c1-7-3-9(13(5-11(7)15)23-22-21-17)10-4-8(2)12(16)6-14(10)24(18,19)20/h3-6,17H,15-16H2,1-2H3,(H,18,19,20). The first kappa shape index (κ1) is 18.5. The molecule has 0 aliphatic heterocycles. The van der Waals surface area contributed by atoms with Crippen LogP contribution in [-0.2, 0) is 19.5 Å². The van der Waals surface area contributed by atoms with Gasteiger partial charge >= 0.3 is 0 Å². The lowest BCUT2D eigenvalue weighted by Crippen LogP contribution is -2.05. The van der Waals surface area contributed by atoms with Crippen molar-refractivity contribution in [2.75, 3.05) is 11.5 Å². The highest BCUT2D eigenvalue weighted by Gasteiger charge is 2.21. The quantitative estimate of drug-likeness (QED) is 0.204. The van der Waals surface area contributed by atoms with E-state index in [1.54, 1.807) is 19.9 Å². The minimum atomic E-state index is -4.52. The highest BCUT2D eigenvalue weighted by atomic mass is 32.2. The van der Waals surface area contributed by atoms with Crippen molar-refractivity contribution in [3.8, 4) is 11.1 Å². The molecule has 6 N–H and O–H groups in total. The summed E-state index contributed by atoms with van der Waals surface area (Å²) in [6.07, 6.45) is 0. The molecule has 0 saturated heterocycles. The average Bonchev–Trinajstić information content (AvgIpc) is 2.49. The van der Waals surface area contributed by atoms with E-state index in [1.165, 1.54) is 18.2 Å². The van der Waals surface area contributed by atoms with Gasteiger partial charge < -0.3 is 11.5 Å². The molecule has 0 aromatic heterocycles. The molecule has 0 bridgehead atoms. The summed E-state index contributed by atoms with van der Waals surface area (Å²) in [4.78, 5) is 0.0303. The maximum absolute atomic E-state index is 11.7. The van der Waals surface area contributed by atoms with Gasteiger partial charge in [-0.15, -0.1) is 4.33 Å². The zero-order chi connectivity index (χ0) is 18.1. The van der Waals surface area contributed by atoms with Crippen molar-refractivity contribution in [3.05, 3.63) is 35.4 Å². The van der Waals surface area contributed by atoms with Crippen LogP contribution in [0.1, 0.15) is 11.1 Å². The molecule has 0 fully saturated rings. The number of hydrogen-bond donors (Lipinski definition) is 4. The summed E-state index contributed by atoms with van der Waals surface area (Å²) in [5, 5.41) is 11.9. The van der Waals surface area contributed by atoms with Gasteiger partial charge in [-0.2, -0.15) is 8.42 Å². The Bertz CT molecular complexity index is 883. The summed E-state index contributed by atoms with van der Waals surface area (Å²) >= 11 is 0.634. The Kier molecular flexibility index (Phi) is 5.38. The highest BCUT2D eigenvalue weighted by molar-refractivity contribution is 7.94. The monoisotopic (exact) mass is 372 g/mol. The zero-order valence-electron chi connectivity index (χ0n) is 12.8. The number of benzene rings is 2. The summed E-state index contributed by atoms with van der Waals surface area (Å²) in [7, 11) is -4.52. The van der Waals surface area contributed by atoms with E-state index in [2.05, 4.69) is 9.37 Å². The number of aryl methyl sites for hydroxylation is 2. The van der Waals surface area contributed by atoms with E-state index in [4.69, 9.17) is 16.7 Å². The number of nitrogens with two attached hydrogens (primary N) is 2. The molecule has 2 rings (SSSR count). The third-order valence-corrected chi connectivity index (χ3v) is 5.00. The van der Waals surface area contributed by atoms with Crippen LogP contribution in [0.25, 0.3) is 11.1 Å². The molecule has 2 aromatic rings. The van der Waals surface area contributed by atoms with Crippen LogP contribution in [0.5, 0.6) is 0 Å². The van der Waals surface area contributed by atoms with Crippen LogP contribution in [0.2, 0.25) is 0 Å². The minimum absolute atomic E-state index is 0.219. The zero-order valence-corrected chi connectivity index (χ0v) is 14.4. The molecule has 0 aliphatic carbocycles. The van der Waals surface area contributed by atoms with Gasteiger partial charge in [-0.1, -0.05) is 5.04 Å². The molecule has 0 unspecified atom stereocenters. The van der Waals surface area contributed by atoms with Gasteiger partial charge in [-0.25, -0.2) is 5.26 Å². The lowest BCUT2D eigenvalue weighted by molar-refractivity contribution is -0.432. The molecular formula is C14H16N2O6S2. The first-order chi connectivity index (χ1) is 11.1. The molecule has 0 radical (unpaired) electrons. The number of hydrogen-bond acceptors (Lipinski definition) is 8. The molecule has 10 heteroatoms. The minimum Gasteiger partial charge on any atom is -0.398 e. The highest BCUT2D eigenvalue weighted by Crippen LogP contribution is 2.39. The molecule has 24 heavy (non-hydrogen) atoms. The fourth-order valence-corrected chi connectivity index (χ4v) is 3.42. The third-order valence-electron chi connectivity index (χ3n) is 3.46. The molecule has 0 saturated carbocycles. The smallest absolute Gasteiger partial charge is 0.295 e. The second-order valence-electron chi connectivity index (χ2n) is 5.11. The number of anilines is 2. The SMILES string of the molecule is Cc1cc(-c2cc(C)c(N)cc2S(=O)(=O)O)c(SOOO)cc1N. The molecule has 0 spiro atoms. The Morgan fingerprint density at radius 2 is 1.54 bits per heavy atom. The number of nitrogen functional groups attached to an aromatic ring is 2. The first-order valence-electron chi connectivity index (χ1n) is 6.58. The first-order valence-corrected chi connectivity index (χ1v) is 8.76. The van der Waals surface area contributed by atoms with Crippen molar-refractivity contribution in [3.63, 3.8) is 0 Å². The maximum Gasteiger partial charge on any atom is 0.295 e. The van der Waals surface area contributed by atoms with Crippen LogP contribution in [0.3, 0.4) is 0 Å². The van der Waals surface area contributed by atoms with E-state index >= 15 is 0 Å². The Morgan fingerprint density at radius 1 is 1.00 bits per heavy atom. The van der Waals surface area contributed by atoms with Crippen molar-refractivity contribution in [1.82, 2.24) is 0 Å². The van der Waals surface area contributed by atoms with Gasteiger partial charge in [0.25, 0.3) is 10.1 Å². The second-order valence-corrected chi connectivity index (χ2v) is 7.24. The molecule has 0 atom stereocenters. The number of rotatable bonds is 5. The van der Waals surface area contributed by atoms with Crippen molar-refractivity contribution in [2.24, 2.45) is 0 Å². The van der Waals surface area contributed by atoms with Gasteiger partial charge in [-0.05, 0) is 54.8 Å². The molecule has 130 valence electrons. The topological polar surface area (TPSA) is 145 Å². The van der Waals surface area contributed by atoms with Crippen molar-refractivity contribution >= 4 is 33.5 Å². The molecule has 0 heterocycles. The Morgan fingerprint density at radius 3 is 2.08 bits per heavy atom. The predicted molar refractivity (Wildman–Crippen MR) is 90.6 cm³/mol. The Balaban J connectivity index is 2.80. The van der Waals surface area contributed by atoms with Gasteiger partial charge in [0.15, 0.2) is 0 Å². The van der Waals surface area contributed by atoms with Crippen LogP contribution in [0, 0.1) is 13.8 Å². The summed E-state index contributed by atoms with van der Waals surface area (Å²) in [6, 6.07) is 5.89. The fourth-order valence-electron chi connectivity index (χ4n) is 2.16. The van der Waals surface area contributed by atoms with Crippen molar-refractivity contribution < 1.29 is 27.6 Å². The summed E-state index contributed by atoms with van der Waals surface area (Å²) in [5.74, 6) is 0. The fraction of sp³-hybridized carbons (Fsp3) is 0.143. The molecule has 2 aromatic carbocycles. The van der Waals surface area contributed by atoms with E-state index < -0.39 is 10.1 Å². The molecular weight excluding hydrogens is 356 g/mol. The Labute approximate surface area is 143 Å². The third kappa shape index (κ3) is 3.80. The normalized spacial score (nSPS) is 11.7. The lowest BCUT2D eigenvalue weighted by Gasteiger charge is -2.15. The van der Waals surface area contributed by atoms with E-state index in [1.807, 2.05) is 0 Å². The van der Waals surface area contributed by atoms with Gasteiger partial charge in [0.05, 0.1) is 12.0 Å². The summed E-state index contributed by atoms with van der Waals surface area (Å²) < 4.78 is 37.4. The molecule has 0 amide bonds. The molecule has 0 aliphatic rings. The van der Waals surface area contributed by atoms with Gasteiger partial charge in [0.2, 0.25) is 0 Å². The van der Waals surface area contributed by atoms with Crippen LogP contribution in [-0.4, -0.2) is 18.2 Å². The van der Waals surface area contributed by atoms with Gasteiger partial charge in [-0.3, -0.25) is 4.55 Å². The second kappa shape index (κ2) is 6.97. The van der Waals surface area contributed by atoms with E-state index in [9.17, 15) is 13.0 Å². The van der Waals surface area contributed by atoms with Crippen LogP contribution in [0.15, 0.2) is 34.1 Å². The Hall–Kier alpha value is -1.82. The van der Waals surface area contributed by atoms with Crippen LogP contribution < -0.4 is 11.5 Å². The van der Waals surface area contributed by atoms with Crippen molar-refractivity contribution in [2.45, 2.75) is 23.6 Å². The largest absolute Gasteiger partial charge is 0.398 e. The summed E-state index contributed by atoms with van der Waals surface area (Å²) in [6.45, 7) is 3.45. The van der Waals surface area contributed by atoms with Gasteiger partial charge in [0, 0.05) is 21.8 Å². The van der Waals surface area contributed by atoms with E-state index in [-0.39, 0.29) is 16.1 Å². The summed E-state index contributed by atoms with van der Waals surface area (Å²) in [5.41, 5.74) is 14.2. The lowest BCUT2D eigenvalue weighted by atomic mass is 10.00. The molecule has 8 nitrogen and oxygen atoms in total. The van der Waals surface area contributed by atoms with E-state index in [0.717, 1.165) is 0 Å². The van der Waals surface area contributed by atoms with Crippen LogP contribution >= 0.6 is 12.0 Å². The van der Waals surface area contributed by atoms with Gasteiger partial charge in [0.1, 0.15) is 4.90 Å². The average molecular weight is 372 g/mol. The van der Waals surface area contributed by atoms with Crippen molar-refractivity contribution in [1.29, 1.82) is 0 Å². The van der Waals surface area contributed by atoms with E-state index in [0.29, 0.717) is 39.3 Å². The maximum atomic E-state index is 11.7. The predicted octanol–water partition coefficient (Wildman–Crippen LogP) is 2.81.